The second-order valence-electron chi connectivity index (χ2n) is 7.80. The summed E-state index contributed by atoms with van der Waals surface area (Å²) in [5.74, 6) is 1.70. The van der Waals surface area contributed by atoms with Crippen molar-refractivity contribution in [3.05, 3.63) is 69.5 Å². The minimum atomic E-state index is -0.537. The Morgan fingerprint density at radius 2 is 1.88 bits per heavy atom. The molecule has 4 rings (SSSR count). The topological polar surface area (TPSA) is 93.4 Å². The molecule has 176 valence electrons. The molecule has 0 aliphatic carbocycles. The van der Waals surface area contributed by atoms with Crippen LogP contribution in [0.5, 0.6) is 17.2 Å². The summed E-state index contributed by atoms with van der Waals surface area (Å²) in [4.78, 5) is 21.9. The van der Waals surface area contributed by atoms with Gasteiger partial charge in [0.2, 0.25) is 0 Å². The number of carbonyl (C=O) groups is 1. The first-order valence-electron chi connectivity index (χ1n) is 10.6. The summed E-state index contributed by atoms with van der Waals surface area (Å²) in [5, 5.41) is 9.84. The fraction of sp³-hybridized carbons (Fsp3) is 0.240. The molecule has 2 aliphatic rings. The molecular weight excluding hydrogens is 458 g/mol. The summed E-state index contributed by atoms with van der Waals surface area (Å²) in [7, 11) is 1.50. The zero-order valence-electron chi connectivity index (χ0n) is 19.3. The van der Waals surface area contributed by atoms with Gasteiger partial charge in [-0.1, -0.05) is 17.7 Å². The molecule has 0 radical (unpaired) electrons. The molecule has 1 N–H and O–H groups in total. The first kappa shape index (κ1) is 23.4. The number of halogens is 1. The molecule has 2 aromatic carbocycles. The summed E-state index contributed by atoms with van der Waals surface area (Å²) in [6, 6.07) is 9.21. The maximum absolute atomic E-state index is 12.5. The Kier molecular flexibility index (Phi) is 6.61. The predicted molar refractivity (Wildman–Crippen MR) is 130 cm³/mol. The molecule has 34 heavy (non-hydrogen) atoms. The van der Waals surface area contributed by atoms with Crippen LogP contribution in [0.4, 0.5) is 0 Å². The highest BCUT2D eigenvalue weighted by Crippen LogP contribution is 2.37. The Hall–Kier alpha value is -3.78. The molecule has 2 aromatic rings. The number of aryl methyl sites for hydroxylation is 2. The van der Waals surface area contributed by atoms with E-state index in [2.05, 4.69) is 4.99 Å². The number of rotatable bonds is 7. The van der Waals surface area contributed by atoms with Gasteiger partial charge in [0, 0.05) is 6.08 Å². The van der Waals surface area contributed by atoms with Crippen molar-refractivity contribution < 1.29 is 23.8 Å². The van der Waals surface area contributed by atoms with E-state index in [1.807, 2.05) is 32.0 Å². The smallest absolute Gasteiger partial charge is 0.282 e. The summed E-state index contributed by atoms with van der Waals surface area (Å²) in [6.07, 6.45) is 3.11. The van der Waals surface area contributed by atoms with Crippen molar-refractivity contribution in [3.8, 4) is 17.2 Å². The van der Waals surface area contributed by atoms with Gasteiger partial charge in [-0.05, 0) is 67.8 Å². The number of nitrogens with one attached hydrogen (secondary N) is 1. The third-order valence-corrected chi connectivity index (χ3v) is 5.60. The van der Waals surface area contributed by atoms with Crippen molar-refractivity contribution >= 4 is 35.3 Å². The molecule has 0 saturated carbocycles. The molecule has 0 unspecified atom stereocenters. The van der Waals surface area contributed by atoms with Gasteiger partial charge in [0.1, 0.15) is 24.7 Å². The van der Waals surface area contributed by atoms with E-state index in [0.717, 1.165) is 11.3 Å². The second kappa shape index (κ2) is 9.61. The van der Waals surface area contributed by atoms with Gasteiger partial charge in [-0.25, -0.2) is 0 Å². The van der Waals surface area contributed by atoms with E-state index in [1.165, 1.54) is 23.8 Å². The highest BCUT2D eigenvalue weighted by molar-refractivity contribution is 6.33. The Morgan fingerprint density at radius 1 is 1.12 bits per heavy atom. The average Bonchev–Trinajstić information content (AvgIpc) is 3.17. The highest BCUT2D eigenvalue weighted by atomic mass is 35.5. The van der Waals surface area contributed by atoms with E-state index in [4.69, 9.17) is 36.1 Å². The standard InChI is InChI=1S/C25H24ClN3O5/c1-14-5-6-18(9-15(14)2)32-7-8-33-23-20(26)12-17(13-21(23)31-4)11-19-24(27)29-22(28-25(19)30)10-16(3)34-29/h5-6,9-13,27H,7-8H2,1-4H3/b19-11-,27-24?. The zero-order chi connectivity index (χ0) is 24.4. The second-order valence-corrected chi connectivity index (χ2v) is 8.21. The van der Waals surface area contributed by atoms with Gasteiger partial charge >= 0.3 is 0 Å². The number of nitrogens with zero attached hydrogens (tertiary/aromatic N) is 2. The van der Waals surface area contributed by atoms with Crippen molar-refractivity contribution in [2.24, 2.45) is 4.99 Å². The van der Waals surface area contributed by atoms with Crippen molar-refractivity contribution in [2.45, 2.75) is 20.8 Å². The van der Waals surface area contributed by atoms with Crippen LogP contribution in [0.1, 0.15) is 23.6 Å². The van der Waals surface area contributed by atoms with Crippen LogP contribution in [0.15, 0.2) is 52.7 Å². The largest absolute Gasteiger partial charge is 0.493 e. The van der Waals surface area contributed by atoms with Gasteiger partial charge in [0.15, 0.2) is 23.2 Å². The molecule has 0 atom stereocenters. The van der Waals surface area contributed by atoms with Crippen molar-refractivity contribution in [3.63, 3.8) is 0 Å². The summed E-state index contributed by atoms with van der Waals surface area (Å²) in [6.45, 7) is 6.37. The van der Waals surface area contributed by atoms with Crippen LogP contribution >= 0.6 is 11.6 Å². The number of ether oxygens (including phenoxy) is 3. The SMILES string of the molecule is COc1cc(/C=C2/C(=N)N3OC(C)=CC3=NC2=O)cc(Cl)c1OCCOc1ccc(C)c(C)c1. The van der Waals surface area contributed by atoms with Crippen LogP contribution in [0.25, 0.3) is 6.08 Å². The average molecular weight is 482 g/mol. The van der Waals surface area contributed by atoms with Crippen LogP contribution in [-0.2, 0) is 9.63 Å². The van der Waals surface area contributed by atoms with E-state index in [0.29, 0.717) is 34.5 Å². The number of fused-ring (bicyclic) bond motifs is 1. The minimum absolute atomic E-state index is 0.0698. The molecule has 0 bridgehead atoms. The summed E-state index contributed by atoms with van der Waals surface area (Å²) in [5.41, 5.74) is 2.98. The molecule has 1 amide bonds. The number of amides is 1. The van der Waals surface area contributed by atoms with E-state index >= 15 is 0 Å². The van der Waals surface area contributed by atoms with Gasteiger partial charge in [-0.15, -0.1) is 5.06 Å². The molecule has 0 aromatic heterocycles. The fourth-order valence-electron chi connectivity index (χ4n) is 3.44. The van der Waals surface area contributed by atoms with E-state index < -0.39 is 5.91 Å². The fourth-order valence-corrected chi connectivity index (χ4v) is 3.71. The summed E-state index contributed by atoms with van der Waals surface area (Å²) < 4.78 is 17.0. The zero-order valence-corrected chi connectivity index (χ0v) is 20.0. The first-order valence-corrected chi connectivity index (χ1v) is 10.9. The van der Waals surface area contributed by atoms with Gasteiger partial charge < -0.3 is 19.0 Å². The lowest BCUT2D eigenvalue weighted by molar-refractivity contribution is -0.114. The van der Waals surface area contributed by atoms with Crippen LogP contribution in [0.2, 0.25) is 5.02 Å². The number of methoxy groups -OCH3 is 1. The van der Waals surface area contributed by atoms with Crippen LogP contribution in [0.3, 0.4) is 0 Å². The molecule has 0 saturated heterocycles. The number of aliphatic imine (C=N–C) groups is 1. The Balaban J connectivity index is 1.47. The maximum Gasteiger partial charge on any atom is 0.282 e. The van der Waals surface area contributed by atoms with Crippen LogP contribution < -0.4 is 14.2 Å². The number of hydrogen-bond donors (Lipinski definition) is 1. The Morgan fingerprint density at radius 3 is 2.62 bits per heavy atom. The molecular formula is C25H24ClN3O5. The molecule has 0 fully saturated rings. The van der Waals surface area contributed by atoms with E-state index in [9.17, 15) is 4.79 Å². The normalized spacial score (nSPS) is 16.1. The van der Waals surface area contributed by atoms with Gasteiger partial charge in [-0.2, -0.15) is 4.99 Å². The minimum Gasteiger partial charge on any atom is -0.493 e. The number of hydroxylamine groups is 2. The van der Waals surface area contributed by atoms with Crippen molar-refractivity contribution in [1.29, 1.82) is 5.41 Å². The third kappa shape index (κ3) is 4.77. The molecule has 0 spiro atoms. The highest BCUT2D eigenvalue weighted by Gasteiger charge is 2.34. The van der Waals surface area contributed by atoms with Crippen LogP contribution in [-0.4, -0.2) is 43.0 Å². The number of hydrogen-bond acceptors (Lipinski definition) is 6. The molecule has 2 heterocycles. The van der Waals surface area contributed by atoms with Gasteiger partial charge in [-0.3, -0.25) is 10.2 Å². The molecule has 8 nitrogen and oxygen atoms in total. The number of benzene rings is 2. The van der Waals surface area contributed by atoms with Gasteiger partial charge in [0.05, 0.1) is 17.7 Å². The molecule has 2 aliphatic heterocycles. The summed E-state index contributed by atoms with van der Waals surface area (Å²) >= 11 is 6.46. The van der Waals surface area contributed by atoms with Crippen molar-refractivity contribution in [2.75, 3.05) is 20.3 Å². The lowest BCUT2D eigenvalue weighted by Gasteiger charge is -2.23. The van der Waals surface area contributed by atoms with E-state index in [-0.39, 0.29) is 23.9 Å². The Labute approximate surface area is 202 Å². The quantitative estimate of drug-likeness (QED) is 0.447. The number of allylic oxidation sites excluding steroid dienone is 1. The third-order valence-electron chi connectivity index (χ3n) is 5.32. The Bertz CT molecular complexity index is 1270. The monoisotopic (exact) mass is 481 g/mol. The predicted octanol–water partition coefficient (Wildman–Crippen LogP) is 4.87. The van der Waals surface area contributed by atoms with Crippen LogP contribution in [0, 0.1) is 19.3 Å². The first-order chi connectivity index (χ1) is 16.3. The lowest BCUT2D eigenvalue weighted by Crippen LogP contribution is -2.38. The van der Waals surface area contributed by atoms with E-state index in [1.54, 1.807) is 25.1 Å². The van der Waals surface area contributed by atoms with Crippen molar-refractivity contribution in [1.82, 2.24) is 5.06 Å². The maximum atomic E-state index is 12.5. The lowest BCUT2D eigenvalue weighted by atomic mass is 10.1. The number of carbonyl (C=O) groups excluding carboxylic acids is 1. The number of amidine groups is 2. The molecule has 9 heteroatoms. The van der Waals surface area contributed by atoms with Gasteiger partial charge in [0.25, 0.3) is 5.91 Å².